The number of benzene rings is 2. The van der Waals surface area contributed by atoms with E-state index in [0.717, 1.165) is 47.5 Å². The molecule has 0 aliphatic heterocycles. The number of hydrazone groups is 1. The van der Waals surface area contributed by atoms with Gasteiger partial charge in [-0.15, -0.1) is 0 Å². The van der Waals surface area contributed by atoms with Crippen LogP contribution in [-0.4, -0.2) is 33.8 Å². The first-order valence-corrected chi connectivity index (χ1v) is 12.1. The molecule has 0 bridgehead atoms. The van der Waals surface area contributed by atoms with E-state index in [4.69, 9.17) is 22.1 Å². The van der Waals surface area contributed by atoms with Crippen molar-refractivity contribution in [1.82, 2.24) is 20.5 Å². The maximum Gasteiger partial charge on any atom is 0.187 e. The lowest BCUT2D eigenvalue weighted by molar-refractivity contribution is 0.317. The number of aromatic nitrogens is 2. The molecule has 0 atom stereocenters. The Kier molecular flexibility index (Phi) is 8.09. The van der Waals surface area contributed by atoms with Crippen LogP contribution in [0.25, 0.3) is 16.9 Å². The summed E-state index contributed by atoms with van der Waals surface area (Å²) in [7, 11) is 0. The zero-order chi connectivity index (χ0) is 22.9. The molecule has 2 N–H and O–H groups in total. The van der Waals surface area contributed by atoms with E-state index < -0.39 is 0 Å². The van der Waals surface area contributed by atoms with E-state index in [2.05, 4.69) is 22.8 Å². The first kappa shape index (κ1) is 23.0. The highest BCUT2D eigenvalue weighted by Gasteiger charge is 2.14. The van der Waals surface area contributed by atoms with Gasteiger partial charge in [0.15, 0.2) is 5.11 Å². The van der Waals surface area contributed by atoms with Crippen molar-refractivity contribution in [2.75, 3.05) is 6.61 Å². The highest BCUT2D eigenvalue weighted by Crippen LogP contribution is 2.25. The molecule has 1 fully saturated rings. The van der Waals surface area contributed by atoms with Gasteiger partial charge >= 0.3 is 0 Å². The third kappa shape index (κ3) is 6.42. The monoisotopic (exact) mass is 461 g/mol. The number of nitrogens with one attached hydrogen (secondary N) is 2. The summed E-state index contributed by atoms with van der Waals surface area (Å²) in [5, 5.41) is 13.2. The molecule has 1 aliphatic rings. The Morgan fingerprint density at radius 3 is 2.61 bits per heavy atom. The highest BCUT2D eigenvalue weighted by atomic mass is 32.1. The van der Waals surface area contributed by atoms with E-state index in [1.807, 2.05) is 65.5 Å². The zero-order valence-corrected chi connectivity index (χ0v) is 19.9. The minimum Gasteiger partial charge on any atom is -0.494 e. The molecule has 1 aromatic heterocycles. The third-order valence-electron chi connectivity index (χ3n) is 5.67. The number of thiocarbonyl (C=S) groups is 1. The van der Waals surface area contributed by atoms with E-state index in [1.54, 1.807) is 6.21 Å². The van der Waals surface area contributed by atoms with Gasteiger partial charge in [0.2, 0.25) is 0 Å². The van der Waals surface area contributed by atoms with Gasteiger partial charge in [0.25, 0.3) is 0 Å². The molecule has 1 saturated carbocycles. The van der Waals surface area contributed by atoms with E-state index in [9.17, 15) is 0 Å². The largest absolute Gasteiger partial charge is 0.494 e. The lowest BCUT2D eigenvalue weighted by atomic mass is 9.96. The first-order chi connectivity index (χ1) is 16.2. The van der Waals surface area contributed by atoms with Gasteiger partial charge in [-0.1, -0.05) is 44.4 Å². The van der Waals surface area contributed by atoms with Crippen LogP contribution in [0.15, 0.2) is 65.9 Å². The van der Waals surface area contributed by atoms with Gasteiger partial charge in [-0.3, -0.25) is 5.43 Å². The summed E-state index contributed by atoms with van der Waals surface area (Å²) in [4.78, 5) is 0. The van der Waals surface area contributed by atoms with E-state index >= 15 is 0 Å². The fourth-order valence-electron chi connectivity index (χ4n) is 3.97. The molecule has 3 aromatic rings. The van der Waals surface area contributed by atoms with Crippen molar-refractivity contribution in [3.05, 3.63) is 66.4 Å². The molecule has 4 rings (SSSR count). The Morgan fingerprint density at radius 2 is 1.88 bits per heavy atom. The van der Waals surface area contributed by atoms with E-state index in [1.165, 1.54) is 19.3 Å². The van der Waals surface area contributed by atoms with Crippen molar-refractivity contribution in [3.8, 4) is 22.7 Å². The first-order valence-electron chi connectivity index (χ1n) is 11.7. The van der Waals surface area contributed by atoms with Crippen LogP contribution >= 0.6 is 12.2 Å². The van der Waals surface area contributed by atoms with Crippen LogP contribution in [0, 0.1) is 0 Å². The molecule has 0 amide bonds. The quantitative estimate of drug-likeness (QED) is 0.265. The minimum absolute atomic E-state index is 0.443. The van der Waals surface area contributed by atoms with Crippen LogP contribution in [0.3, 0.4) is 0 Å². The predicted molar refractivity (Wildman–Crippen MR) is 138 cm³/mol. The predicted octanol–water partition coefficient (Wildman–Crippen LogP) is 5.46. The minimum atomic E-state index is 0.443. The second kappa shape index (κ2) is 11.6. The summed E-state index contributed by atoms with van der Waals surface area (Å²) in [6.45, 7) is 2.81. The van der Waals surface area contributed by atoms with Gasteiger partial charge in [-0.25, -0.2) is 4.68 Å². The van der Waals surface area contributed by atoms with Gasteiger partial charge in [0.05, 0.1) is 18.5 Å². The Balaban J connectivity index is 1.52. The summed E-state index contributed by atoms with van der Waals surface area (Å²) in [5.74, 6) is 0.860. The van der Waals surface area contributed by atoms with Crippen molar-refractivity contribution in [2.24, 2.45) is 5.10 Å². The maximum atomic E-state index is 5.72. The summed E-state index contributed by atoms with van der Waals surface area (Å²) in [6, 6.07) is 18.5. The van der Waals surface area contributed by atoms with Crippen molar-refractivity contribution < 1.29 is 4.74 Å². The summed E-state index contributed by atoms with van der Waals surface area (Å²) < 4.78 is 7.59. The molecule has 1 heterocycles. The number of hydrogen-bond donors (Lipinski definition) is 2. The van der Waals surface area contributed by atoms with Crippen molar-refractivity contribution >= 4 is 23.5 Å². The molecular weight excluding hydrogens is 430 g/mol. The normalized spacial score (nSPS) is 14.3. The third-order valence-corrected chi connectivity index (χ3v) is 5.88. The molecule has 1 aliphatic carbocycles. The number of rotatable bonds is 8. The van der Waals surface area contributed by atoms with Crippen LogP contribution in [-0.2, 0) is 0 Å². The van der Waals surface area contributed by atoms with Crippen LogP contribution in [0.1, 0.15) is 51.0 Å². The molecule has 6 nitrogen and oxygen atoms in total. The Hall–Kier alpha value is -3.19. The number of nitrogens with zero attached hydrogens (tertiary/aromatic N) is 3. The smallest absolute Gasteiger partial charge is 0.187 e. The maximum absolute atomic E-state index is 5.72. The summed E-state index contributed by atoms with van der Waals surface area (Å²) >= 11 is 5.44. The molecule has 172 valence electrons. The SMILES string of the molecule is CCCOc1ccc(-c2nn(-c3ccccc3)cc2/C=N\NC(=S)NC2CCCCC2)cc1. The topological polar surface area (TPSA) is 63.5 Å². The van der Waals surface area contributed by atoms with E-state index in [-0.39, 0.29) is 0 Å². The summed E-state index contributed by atoms with van der Waals surface area (Å²) in [5.41, 5.74) is 6.70. The average Bonchev–Trinajstić information content (AvgIpc) is 3.28. The van der Waals surface area contributed by atoms with E-state index in [0.29, 0.717) is 17.8 Å². The highest BCUT2D eigenvalue weighted by molar-refractivity contribution is 7.80. The second-order valence-corrected chi connectivity index (χ2v) is 8.67. The fraction of sp³-hybridized carbons (Fsp3) is 0.346. The van der Waals surface area contributed by atoms with Gasteiger partial charge in [-0.05, 0) is 67.9 Å². The van der Waals surface area contributed by atoms with Gasteiger partial charge in [0, 0.05) is 23.4 Å². The molecule has 0 saturated heterocycles. The Morgan fingerprint density at radius 1 is 1.12 bits per heavy atom. The molecular formula is C26H31N5OS. The molecule has 33 heavy (non-hydrogen) atoms. The number of hydrogen-bond acceptors (Lipinski definition) is 4. The molecule has 0 unspecified atom stereocenters. The van der Waals surface area contributed by atoms with Crippen molar-refractivity contribution in [3.63, 3.8) is 0 Å². The standard InChI is InChI=1S/C26H31N5OS/c1-2-17-32-24-15-13-20(14-16-24)25-21(19-31(30-25)23-11-7-4-8-12-23)18-27-29-26(33)28-22-9-5-3-6-10-22/h4,7-8,11-16,18-19,22H,2-3,5-6,9-10,17H2,1H3,(H2,28,29,33)/b27-18-. The van der Waals surface area contributed by atoms with Gasteiger partial charge in [0.1, 0.15) is 11.4 Å². The van der Waals surface area contributed by atoms with Crippen molar-refractivity contribution in [1.29, 1.82) is 0 Å². The number of para-hydroxylation sites is 1. The summed E-state index contributed by atoms with van der Waals surface area (Å²) in [6.07, 6.45) is 10.9. The lowest BCUT2D eigenvalue weighted by Gasteiger charge is -2.23. The molecule has 2 aromatic carbocycles. The van der Waals surface area contributed by atoms with Gasteiger partial charge in [-0.2, -0.15) is 10.2 Å². The van der Waals surface area contributed by atoms with Crippen LogP contribution in [0.4, 0.5) is 0 Å². The lowest BCUT2D eigenvalue weighted by Crippen LogP contribution is -2.40. The molecule has 7 heteroatoms. The Bertz CT molecular complexity index is 1060. The number of ether oxygens (including phenoxy) is 1. The van der Waals surface area contributed by atoms with Crippen LogP contribution in [0.5, 0.6) is 5.75 Å². The molecule has 0 radical (unpaired) electrons. The second-order valence-electron chi connectivity index (χ2n) is 8.26. The fourth-order valence-corrected chi connectivity index (χ4v) is 4.19. The Labute approximate surface area is 201 Å². The average molecular weight is 462 g/mol. The zero-order valence-electron chi connectivity index (χ0n) is 19.0. The van der Waals surface area contributed by atoms with Crippen LogP contribution < -0.4 is 15.5 Å². The van der Waals surface area contributed by atoms with Gasteiger partial charge < -0.3 is 10.1 Å². The van der Waals surface area contributed by atoms with Crippen molar-refractivity contribution in [2.45, 2.75) is 51.5 Å². The molecule has 0 spiro atoms. The van der Waals surface area contributed by atoms with Crippen LogP contribution in [0.2, 0.25) is 0 Å².